The molecule has 0 aliphatic heterocycles. The van der Waals surface area contributed by atoms with Gasteiger partial charge in [0.05, 0.1) is 0 Å². The zero-order valence-corrected chi connectivity index (χ0v) is 10.3. The molecule has 0 amide bonds. The third-order valence-corrected chi connectivity index (χ3v) is 2.94. The van der Waals surface area contributed by atoms with Gasteiger partial charge in [-0.25, -0.2) is 4.98 Å². The second kappa shape index (κ2) is 3.94. The Bertz CT molecular complexity index is 491. The van der Waals surface area contributed by atoms with Gasteiger partial charge in [0.25, 0.3) is 0 Å². The van der Waals surface area contributed by atoms with Gasteiger partial charge in [-0.15, -0.1) is 0 Å². The fourth-order valence-corrected chi connectivity index (χ4v) is 2.10. The van der Waals surface area contributed by atoms with E-state index in [4.69, 9.17) is 10.2 Å². The summed E-state index contributed by atoms with van der Waals surface area (Å²) in [4.78, 5) is 4.29. The van der Waals surface area contributed by atoms with E-state index in [1.807, 2.05) is 26.0 Å². The van der Waals surface area contributed by atoms with Crippen LogP contribution < -0.4 is 5.73 Å². The highest BCUT2D eigenvalue weighted by Gasteiger charge is 2.08. The van der Waals surface area contributed by atoms with E-state index < -0.39 is 0 Å². The number of rotatable bonds is 2. The van der Waals surface area contributed by atoms with Crippen molar-refractivity contribution in [3.8, 4) is 0 Å². The zero-order chi connectivity index (χ0) is 11.0. The van der Waals surface area contributed by atoms with E-state index in [1.165, 1.54) is 5.56 Å². The molecule has 4 heteroatoms. The van der Waals surface area contributed by atoms with Gasteiger partial charge < -0.3 is 10.2 Å². The number of nitrogens with two attached hydrogens (primary N) is 1. The van der Waals surface area contributed by atoms with Gasteiger partial charge >= 0.3 is 0 Å². The molecule has 80 valence electrons. The maximum Gasteiger partial charge on any atom is 0.192 e. The van der Waals surface area contributed by atoms with Gasteiger partial charge in [0.15, 0.2) is 11.5 Å². The van der Waals surface area contributed by atoms with E-state index in [1.54, 1.807) is 0 Å². The molecule has 0 bridgehead atoms. The summed E-state index contributed by atoms with van der Waals surface area (Å²) in [7, 11) is 0. The van der Waals surface area contributed by atoms with Crippen LogP contribution in [-0.2, 0) is 6.42 Å². The van der Waals surface area contributed by atoms with Gasteiger partial charge in [-0.3, -0.25) is 0 Å². The van der Waals surface area contributed by atoms with Crippen molar-refractivity contribution >= 4 is 27.0 Å². The molecule has 3 nitrogen and oxygen atoms in total. The maximum absolute atomic E-state index is 5.78. The lowest BCUT2D eigenvalue weighted by Crippen LogP contribution is -2.17. The van der Waals surface area contributed by atoms with Crippen LogP contribution in [0.15, 0.2) is 21.0 Å². The lowest BCUT2D eigenvalue weighted by Gasteiger charge is -2.06. The normalized spacial score (nSPS) is 13.3. The zero-order valence-electron chi connectivity index (χ0n) is 8.75. The van der Waals surface area contributed by atoms with Crippen LogP contribution in [-0.4, -0.2) is 11.0 Å². The van der Waals surface area contributed by atoms with Crippen molar-refractivity contribution in [3.63, 3.8) is 0 Å². The smallest absolute Gasteiger partial charge is 0.192 e. The Kier molecular flexibility index (Phi) is 2.80. The highest BCUT2D eigenvalue weighted by molar-refractivity contribution is 9.10. The second-order valence-electron chi connectivity index (χ2n) is 3.83. The SMILES string of the molecule is Cc1nc2cc(CC(C)N)c(Br)cc2o1. The molecule has 1 aromatic heterocycles. The summed E-state index contributed by atoms with van der Waals surface area (Å²) >= 11 is 3.51. The Morgan fingerprint density at radius 1 is 1.53 bits per heavy atom. The molecule has 0 fully saturated rings. The minimum absolute atomic E-state index is 0.145. The molecule has 0 aliphatic rings. The lowest BCUT2D eigenvalue weighted by atomic mass is 10.1. The van der Waals surface area contributed by atoms with Crippen molar-refractivity contribution in [2.45, 2.75) is 26.3 Å². The van der Waals surface area contributed by atoms with E-state index >= 15 is 0 Å². The first-order chi connectivity index (χ1) is 7.06. The monoisotopic (exact) mass is 268 g/mol. The van der Waals surface area contributed by atoms with Crippen LogP contribution in [0.3, 0.4) is 0 Å². The molecule has 0 saturated heterocycles. The number of hydrogen-bond acceptors (Lipinski definition) is 3. The first-order valence-corrected chi connectivity index (χ1v) is 5.66. The van der Waals surface area contributed by atoms with E-state index in [9.17, 15) is 0 Å². The van der Waals surface area contributed by atoms with E-state index in [0.29, 0.717) is 5.89 Å². The first kappa shape index (κ1) is 10.6. The molecule has 2 aromatic rings. The fraction of sp³-hybridized carbons (Fsp3) is 0.364. The number of benzene rings is 1. The summed E-state index contributed by atoms with van der Waals surface area (Å²) in [6.07, 6.45) is 0.836. The predicted molar refractivity (Wildman–Crippen MR) is 63.8 cm³/mol. The Labute approximate surface area is 96.8 Å². The van der Waals surface area contributed by atoms with E-state index in [0.717, 1.165) is 22.0 Å². The molecule has 1 unspecified atom stereocenters. The summed E-state index contributed by atoms with van der Waals surface area (Å²) in [5.74, 6) is 0.690. The number of halogens is 1. The molecule has 2 rings (SSSR count). The van der Waals surface area contributed by atoms with Gasteiger partial charge in [0, 0.05) is 17.4 Å². The van der Waals surface area contributed by atoms with Crippen molar-refractivity contribution in [1.82, 2.24) is 4.98 Å². The molecule has 1 heterocycles. The summed E-state index contributed by atoms with van der Waals surface area (Å²) in [6.45, 7) is 3.84. The number of nitrogens with zero attached hydrogens (tertiary/aromatic N) is 1. The van der Waals surface area contributed by atoms with Gasteiger partial charge in [-0.1, -0.05) is 15.9 Å². The molecule has 0 saturated carbocycles. The second-order valence-corrected chi connectivity index (χ2v) is 4.68. The highest BCUT2D eigenvalue weighted by Crippen LogP contribution is 2.25. The third-order valence-electron chi connectivity index (χ3n) is 2.21. The Hall–Kier alpha value is -0.870. The van der Waals surface area contributed by atoms with Crippen LogP contribution in [0.2, 0.25) is 0 Å². The van der Waals surface area contributed by atoms with Crippen LogP contribution in [0.1, 0.15) is 18.4 Å². The van der Waals surface area contributed by atoms with Crippen molar-refractivity contribution in [2.75, 3.05) is 0 Å². The standard InChI is InChI=1S/C11H13BrN2O/c1-6(13)3-8-4-10-11(5-9(8)12)15-7(2)14-10/h4-6H,3,13H2,1-2H3. The first-order valence-electron chi connectivity index (χ1n) is 4.87. The van der Waals surface area contributed by atoms with Crippen molar-refractivity contribution in [2.24, 2.45) is 5.73 Å². The Morgan fingerprint density at radius 3 is 2.93 bits per heavy atom. The average Bonchev–Trinajstić information content (AvgIpc) is 2.44. The molecule has 2 N–H and O–H groups in total. The molecule has 0 radical (unpaired) electrons. The number of aromatic nitrogens is 1. The molecule has 15 heavy (non-hydrogen) atoms. The average molecular weight is 269 g/mol. The summed E-state index contributed by atoms with van der Waals surface area (Å²) in [5, 5.41) is 0. The van der Waals surface area contributed by atoms with Gasteiger partial charge in [-0.2, -0.15) is 0 Å². The maximum atomic E-state index is 5.78. The predicted octanol–water partition coefficient (Wildman–Crippen LogP) is 2.79. The van der Waals surface area contributed by atoms with Crippen LogP contribution >= 0.6 is 15.9 Å². The molecule has 0 aliphatic carbocycles. The summed E-state index contributed by atoms with van der Waals surface area (Å²) in [5.41, 5.74) is 8.66. The third kappa shape index (κ3) is 2.21. The summed E-state index contributed by atoms with van der Waals surface area (Å²) in [6, 6.07) is 4.12. The number of aryl methyl sites for hydroxylation is 1. The largest absolute Gasteiger partial charge is 0.441 e. The van der Waals surface area contributed by atoms with Gasteiger partial charge in [-0.05, 0) is 31.0 Å². The number of hydrogen-bond donors (Lipinski definition) is 1. The van der Waals surface area contributed by atoms with Crippen LogP contribution in [0, 0.1) is 6.92 Å². The fourth-order valence-electron chi connectivity index (χ4n) is 1.61. The highest BCUT2D eigenvalue weighted by atomic mass is 79.9. The molecule has 1 atom stereocenters. The topological polar surface area (TPSA) is 52.0 Å². The lowest BCUT2D eigenvalue weighted by molar-refractivity contribution is 0.561. The van der Waals surface area contributed by atoms with E-state index in [2.05, 4.69) is 20.9 Å². The molecule has 1 aromatic carbocycles. The van der Waals surface area contributed by atoms with Gasteiger partial charge in [0.2, 0.25) is 0 Å². The minimum Gasteiger partial charge on any atom is -0.441 e. The van der Waals surface area contributed by atoms with Crippen LogP contribution in [0.4, 0.5) is 0 Å². The molecule has 0 spiro atoms. The van der Waals surface area contributed by atoms with Crippen molar-refractivity contribution in [1.29, 1.82) is 0 Å². The molecular formula is C11H13BrN2O. The van der Waals surface area contributed by atoms with Crippen LogP contribution in [0.5, 0.6) is 0 Å². The Morgan fingerprint density at radius 2 is 2.27 bits per heavy atom. The number of fused-ring (bicyclic) bond motifs is 1. The number of oxazole rings is 1. The van der Waals surface area contributed by atoms with Crippen molar-refractivity contribution in [3.05, 3.63) is 28.1 Å². The Balaban J connectivity index is 2.51. The quantitative estimate of drug-likeness (QED) is 0.912. The summed E-state index contributed by atoms with van der Waals surface area (Å²) < 4.78 is 6.47. The van der Waals surface area contributed by atoms with E-state index in [-0.39, 0.29) is 6.04 Å². The van der Waals surface area contributed by atoms with Gasteiger partial charge in [0.1, 0.15) is 5.52 Å². The van der Waals surface area contributed by atoms with Crippen molar-refractivity contribution < 1.29 is 4.42 Å². The molecular weight excluding hydrogens is 256 g/mol. The minimum atomic E-state index is 0.145. The van der Waals surface area contributed by atoms with Crippen LogP contribution in [0.25, 0.3) is 11.1 Å².